The van der Waals surface area contributed by atoms with Gasteiger partial charge in [-0.3, -0.25) is 9.59 Å². The number of methoxy groups -OCH3 is 1. The van der Waals surface area contributed by atoms with Crippen molar-refractivity contribution in [3.8, 4) is 0 Å². The normalized spacial score (nSPS) is 21.4. The number of benzene rings is 1. The van der Waals surface area contributed by atoms with Gasteiger partial charge in [0.15, 0.2) is 11.5 Å². The summed E-state index contributed by atoms with van der Waals surface area (Å²) >= 11 is 0. The van der Waals surface area contributed by atoms with Crippen molar-refractivity contribution >= 4 is 17.7 Å². The summed E-state index contributed by atoms with van der Waals surface area (Å²) < 4.78 is 15.6. The van der Waals surface area contributed by atoms with E-state index in [0.717, 1.165) is 12.8 Å². The molecule has 8 nitrogen and oxygen atoms in total. The second-order valence-electron chi connectivity index (χ2n) is 7.18. The first-order valence-corrected chi connectivity index (χ1v) is 9.63. The minimum Gasteiger partial charge on any atom is -0.503 e. The van der Waals surface area contributed by atoms with Crippen LogP contribution in [-0.2, 0) is 14.3 Å². The lowest BCUT2D eigenvalue weighted by atomic mass is 9.94. The van der Waals surface area contributed by atoms with Crippen LogP contribution < -0.4 is 0 Å². The Morgan fingerprint density at radius 2 is 2.00 bits per heavy atom. The van der Waals surface area contributed by atoms with Crippen LogP contribution in [0.5, 0.6) is 0 Å². The first-order valence-electron chi connectivity index (χ1n) is 9.63. The van der Waals surface area contributed by atoms with Gasteiger partial charge in [0.1, 0.15) is 0 Å². The van der Waals surface area contributed by atoms with E-state index in [1.165, 1.54) is 24.3 Å². The predicted octanol–water partition coefficient (Wildman–Crippen LogP) is 2.82. The van der Waals surface area contributed by atoms with E-state index >= 15 is 0 Å². The third-order valence-electron chi connectivity index (χ3n) is 5.37. The highest BCUT2D eigenvalue weighted by Crippen LogP contribution is 2.39. The van der Waals surface area contributed by atoms with Gasteiger partial charge in [-0.1, -0.05) is 12.1 Å². The summed E-state index contributed by atoms with van der Waals surface area (Å²) in [4.78, 5) is 39.1. The van der Waals surface area contributed by atoms with Gasteiger partial charge in [0.2, 0.25) is 5.78 Å². The van der Waals surface area contributed by atoms with Crippen LogP contribution in [0.2, 0.25) is 0 Å². The average molecular weight is 411 g/mol. The second-order valence-corrected chi connectivity index (χ2v) is 7.18. The molecule has 3 heterocycles. The average Bonchev–Trinajstić information content (AvgIpc) is 3.52. The fourth-order valence-electron chi connectivity index (χ4n) is 3.89. The Balaban J connectivity index is 1.73. The SMILES string of the molecule is COC(=O)c1ccc([C@@H]2C(C(=O)c3ccco3)=C(O)C(=O)N2C[C@@H]2CCCO2)cc1. The van der Waals surface area contributed by atoms with E-state index in [4.69, 9.17) is 13.9 Å². The van der Waals surface area contributed by atoms with Gasteiger partial charge in [-0.05, 0) is 42.7 Å². The number of rotatable bonds is 6. The van der Waals surface area contributed by atoms with E-state index in [0.29, 0.717) is 17.7 Å². The van der Waals surface area contributed by atoms with E-state index in [1.54, 1.807) is 30.3 Å². The number of ether oxygens (including phenoxy) is 2. The highest BCUT2D eigenvalue weighted by Gasteiger charge is 2.45. The van der Waals surface area contributed by atoms with Crippen molar-refractivity contribution in [2.75, 3.05) is 20.3 Å². The van der Waals surface area contributed by atoms with Crippen LogP contribution in [0.4, 0.5) is 0 Å². The Morgan fingerprint density at radius 3 is 2.60 bits per heavy atom. The molecule has 1 aromatic heterocycles. The van der Waals surface area contributed by atoms with Crippen LogP contribution in [0.25, 0.3) is 0 Å². The molecule has 2 aliphatic heterocycles. The van der Waals surface area contributed by atoms with Gasteiger partial charge < -0.3 is 23.9 Å². The van der Waals surface area contributed by atoms with E-state index in [1.807, 2.05) is 0 Å². The lowest BCUT2D eigenvalue weighted by Crippen LogP contribution is -2.37. The maximum Gasteiger partial charge on any atom is 0.337 e. The molecule has 0 bridgehead atoms. The molecule has 2 atom stereocenters. The number of hydrogen-bond acceptors (Lipinski definition) is 7. The van der Waals surface area contributed by atoms with E-state index < -0.39 is 29.5 Å². The van der Waals surface area contributed by atoms with Crippen molar-refractivity contribution in [1.29, 1.82) is 0 Å². The molecule has 1 saturated heterocycles. The van der Waals surface area contributed by atoms with Gasteiger partial charge in [-0.25, -0.2) is 4.79 Å². The maximum absolute atomic E-state index is 13.1. The zero-order chi connectivity index (χ0) is 21.3. The zero-order valence-corrected chi connectivity index (χ0v) is 16.4. The molecule has 4 rings (SSSR count). The number of carbonyl (C=O) groups excluding carboxylic acids is 3. The third-order valence-corrected chi connectivity index (χ3v) is 5.37. The largest absolute Gasteiger partial charge is 0.503 e. The minimum atomic E-state index is -0.828. The van der Waals surface area contributed by atoms with Crippen LogP contribution in [-0.4, -0.2) is 54.0 Å². The number of aliphatic hydroxyl groups excluding tert-OH is 1. The number of Topliss-reactive ketones (excluding diaryl/α,β-unsaturated/α-hetero) is 1. The highest BCUT2D eigenvalue weighted by molar-refractivity contribution is 6.15. The number of furan rings is 1. The van der Waals surface area contributed by atoms with Crippen molar-refractivity contribution in [2.24, 2.45) is 0 Å². The molecule has 1 amide bonds. The molecule has 0 spiro atoms. The van der Waals surface area contributed by atoms with Crippen molar-refractivity contribution < 1.29 is 33.4 Å². The quantitative estimate of drug-likeness (QED) is 0.575. The molecule has 0 radical (unpaired) electrons. The summed E-state index contributed by atoms with van der Waals surface area (Å²) in [7, 11) is 1.29. The summed E-state index contributed by atoms with van der Waals surface area (Å²) in [5, 5.41) is 10.6. The standard InChI is InChI=1S/C22H21NO7/c1-28-22(27)14-8-6-13(7-9-14)18-17(19(24)16-5-3-11-30-16)20(25)21(26)23(18)12-15-4-2-10-29-15/h3,5-9,11,15,18,25H,2,4,10,12H2,1H3/t15-,18+/m0/s1. The van der Waals surface area contributed by atoms with Crippen molar-refractivity contribution in [3.05, 3.63) is 70.9 Å². The third kappa shape index (κ3) is 3.50. The molecule has 0 unspecified atom stereocenters. The molecule has 2 aliphatic rings. The smallest absolute Gasteiger partial charge is 0.337 e. The number of esters is 1. The monoisotopic (exact) mass is 411 g/mol. The van der Waals surface area contributed by atoms with Crippen molar-refractivity contribution in [2.45, 2.75) is 25.0 Å². The first-order chi connectivity index (χ1) is 14.5. The fraction of sp³-hybridized carbons (Fsp3) is 0.318. The van der Waals surface area contributed by atoms with Gasteiger partial charge >= 0.3 is 5.97 Å². The number of ketones is 1. The van der Waals surface area contributed by atoms with Crippen LogP contribution in [0.15, 0.2) is 58.4 Å². The van der Waals surface area contributed by atoms with Crippen molar-refractivity contribution in [1.82, 2.24) is 4.90 Å². The molecule has 1 fully saturated rings. The summed E-state index contributed by atoms with van der Waals surface area (Å²) in [5.41, 5.74) is 0.857. The molecule has 30 heavy (non-hydrogen) atoms. The molecule has 8 heteroatoms. The van der Waals surface area contributed by atoms with Crippen LogP contribution >= 0.6 is 0 Å². The molecule has 2 aromatic rings. The number of carbonyl (C=O) groups is 3. The topological polar surface area (TPSA) is 106 Å². The summed E-state index contributed by atoms with van der Waals surface area (Å²) in [5.74, 6) is -2.27. The summed E-state index contributed by atoms with van der Waals surface area (Å²) in [6.45, 7) is 0.851. The molecule has 1 N–H and O–H groups in total. The second kappa shape index (κ2) is 8.16. The molecule has 156 valence electrons. The Kier molecular flexibility index (Phi) is 5.41. The number of amides is 1. The van der Waals surface area contributed by atoms with Gasteiger partial charge in [-0.2, -0.15) is 0 Å². The summed E-state index contributed by atoms with van der Waals surface area (Å²) in [6, 6.07) is 8.60. The van der Waals surface area contributed by atoms with Crippen LogP contribution in [0, 0.1) is 0 Å². The molecule has 1 aromatic carbocycles. The Labute approximate surface area is 172 Å². The van der Waals surface area contributed by atoms with Gasteiger partial charge in [0.25, 0.3) is 5.91 Å². The van der Waals surface area contributed by atoms with Crippen LogP contribution in [0.3, 0.4) is 0 Å². The van der Waals surface area contributed by atoms with E-state index in [-0.39, 0.29) is 24.0 Å². The van der Waals surface area contributed by atoms with Crippen LogP contribution in [0.1, 0.15) is 45.4 Å². The van der Waals surface area contributed by atoms with Crippen molar-refractivity contribution in [3.63, 3.8) is 0 Å². The number of hydrogen-bond donors (Lipinski definition) is 1. The molecular weight excluding hydrogens is 390 g/mol. The van der Waals surface area contributed by atoms with Gasteiger partial charge in [-0.15, -0.1) is 0 Å². The molecule has 0 aliphatic carbocycles. The van der Waals surface area contributed by atoms with Gasteiger partial charge in [0.05, 0.1) is 36.7 Å². The predicted molar refractivity (Wildman–Crippen MR) is 104 cm³/mol. The Hall–Kier alpha value is -3.39. The number of nitrogens with zero attached hydrogens (tertiary/aromatic N) is 1. The van der Waals surface area contributed by atoms with Gasteiger partial charge in [0, 0.05) is 13.2 Å². The molecular formula is C22H21NO7. The lowest BCUT2D eigenvalue weighted by molar-refractivity contribution is -0.131. The Morgan fingerprint density at radius 1 is 1.23 bits per heavy atom. The minimum absolute atomic E-state index is 0.0273. The maximum atomic E-state index is 13.1. The fourth-order valence-corrected chi connectivity index (χ4v) is 3.89. The highest BCUT2D eigenvalue weighted by atomic mass is 16.5. The number of aliphatic hydroxyl groups is 1. The first kappa shape index (κ1) is 19.9. The molecule has 0 saturated carbocycles. The van der Waals surface area contributed by atoms with E-state index in [2.05, 4.69) is 0 Å². The Bertz CT molecular complexity index is 985. The zero-order valence-electron chi connectivity index (χ0n) is 16.4. The lowest BCUT2D eigenvalue weighted by Gasteiger charge is -2.28. The van der Waals surface area contributed by atoms with E-state index in [9.17, 15) is 19.5 Å². The summed E-state index contributed by atoms with van der Waals surface area (Å²) in [6.07, 6.45) is 2.87.